The third-order valence-corrected chi connectivity index (χ3v) is 7.13. The van der Waals surface area contributed by atoms with Gasteiger partial charge in [-0.15, -0.1) is 11.3 Å². The van der Waals surface area contributed by atoms with Crippen LogP contribution in [0.2, 0.25) is 0 Å². The van der Waals surface area contributed by atoms with Crippen molar-refractivity contribution < 1.29 is 23.7 Å². The van der Waals surface area contributed by atoms with Gasteiger partial charge in [0.05, 0.1) is 44.2 Å². The molecular weight excluding hydrogens is 464 g/mol. The van der Waals surface area contributed by atoms with Gasteiger partial charge < -0.3 is 18.9 Å². The average molecular weight is 487 g/mol. The van der Waals surface area contributed by atoms with E-state index in [4.69, 9.17) is 18.9 Å². The van der Waals surface area contributed by atoms with Crippen LogP contribution in [0.4, 0.5) is 0 Å². The first kappa shape index (κ1) is 22.8. The Morgan fingerprint density at radius 1 is 1.12 bits per heavy atom. The molecule has 1 atom stereocenters. The molecule has 4 rings (SSSR count). The van der Waals surface area contributed by atoms with Crippen LogP contribution in [0.15, 0.2) is 50.7 Å². The fourth-order valence-electron chi connectivity index (χ4n) is 3.74. The topological polar surface area (TPSA) is 88.4 Å². The Labute approximate surface area is 197 Å². The van der Waals surface area contributed by atoms with Crippen molar-refractivity contribution >= 4 is 34.7 Å². The number of rotatable bonds is 6. The molecule has 172 valence electrons. The van der Waals surface area contributed by atoms with Gasteiger partial charge in [0.25, 0.3) is 5.56 Å². The molecule has 1 unspecified atom stereocenters. The van der Waals surface area contributed by atoms with Gasteiger partial charge in [-0.05, 0) is 42.1 Å². The zero-order valence-electron chi connectivity index (χ0n) is 18.7. The van der Waals surface area contributed by atoms with Gasteiger partial charge in [-0.25, -0.2) is 9.79 Å². The number of allylic oxidation sites excluding steroid dienone is 1. The molecule has 0 bridgehead atoms. The number of carbonyl (C=O) groups excluding carboxylic acids is 1. The molecule has 1 aromatic carbocycles. The SMILES string of the molecule is COC(=O)C1=C(C)N=c2s/c(=C/c3cc(OC)c(OC)c(OC)c3)c(=O)n2C1c1cccs1. The van der Waals surface area contributed by atoms with E-state index in [1.165, 1.54) is 51.1 Å². The summed E-state index contributed by atoms with van der Waals surface area (Å²) in [7, 11) is 5.92. The Hall–Kier alpha value is -3.37. The van der Waals surface area contributed by atoms with Crippen molar-refractivity contribution in [2.24, 2.45) is 4.99 Å². The van der Waals surface area contributed by atoms with Crippen LogP contribution in [0.5, 0.6) is 17.2 Å². The van der Waals surface area contributed by atoms with Gasteiger partial charge in [0.15, 0.2) is 16.3 Å². The van der Waals surface area contributed by atoms with Gasteiger partial charge in [-0.3, -0.25) is 9.36 Å². The highest BCUT2D eigenvalue weighted by molar-refractivity contribution is 7.10. The Balaban J connectivity index is 1.94. The normalized spacial score (nSPS) is 15.7. The highest BCUT2D eigenvalue weighted by Gasteiger charge is 2.33. The van der Waals surface area contributed by atoms with Crippen LogP contribution >= 0.6 is 22.7 Å². The fourth-order valence-corrected chi connectivity index (χ4v) is 5.61. The number of hydrogen-bond donors (Lipinski definition) is 0. The van der Waals surface area contributed by atoms with E-state index in [1.54, 1.807) is 29.7 Å². The lowest BCUT2D eigenvalue weighted by Crippen LogP contribution is -2.39. The van der Waals surface area contributed by atoms with Gasteiger partial charge in [0.2, 0.25) is 5.75 Å². The summed E-state index contributed by atoms with van der Waals surface area (Å²) in [4.78, 5) is 32.1. The van der Waals surface area contributed by atoms with Gasteiger partial charge in [0, 0.05) is 4.88 Å². The zero-order valence-corrected chi connectivity index (χ0v) is 20.3. The summed E-state index contributed by atoms with van der Waals surface area (Å²) in [6, 6.07) is 6.71. The van der Waals surface area contributed by atoms with E-state index in [2.05, 4.69) is 4.99 Å². The van der Waals surface area contributed by atoms with Crippen molar-refractivity contribution in [3.8, 4) is 17.2 Å². The molecule has 1 aliphatic rings. The highest BCUT2D eigenvalue weighted by atomic mass is 32.1. The summed E-state index contributed by atoms with van der Waals surface area (Å²) < 4.78 is 23.2. The van der Waals surface area contributed by atoms with Crippen molar-refractivity contribution in [1.29, 1.82) is 0 Å². The number of hydrogen-bond acceptors (Lipinski definition) is 9. The number of thiazole rings is 1. The summed E-state index contributed by atoms with van der Waals surface area (Å²) >= 11 is 2.72. The summed E-state index contributed by atoms with van der Waals surface area (Å²) in [5, 5.41) is 1.91. The summed E-state index contributed by atoms with van der Waals surface area (Å²) in [5.41, 5.74) is 1.33. The van der Waals surface area contributed by atoms with E-state index < -0.39 is 12.0 Å². The molecule has 3 heterocycles. The first-order chi connectivity index (χ1) is 15.9. The summed E-state index contributed by atoms with van der Waals surface area (Å²) in [5.74, 6) is 0.926. The molecule has 0 N–H and O–H groups in total. The van der Waals surface area contributed by atoms with Gasteiger partial charge in [0.1, 0.15) is 6.04 Å². The lowest BCUT2D eigenvalue weighted by Gasteiger charge is -2.22. The smallest absolute Gasteiger partial charge is 0.338 e. The van der Waals surface area contributed by atoms with E-state index in [0.29, 0.717) is 43.4 Å². The van der Waals surface area contributed by atoms with Crippen LogP contribution < -0.4 is 29.1 Å². The predicted molar refractivity (Wildman–Crippen MR) is 126 cm³/mol. The average Bonchev–Trinajstić information content (AvgIpc) is 3.45. The lowest BCUT2D eigenvalue weighted by molar-refractivity contribution is -0.136. The second-order valence-electron chi connectivity index (χ2n) is 7.05. The maximum Gasteiger partial charge on any atom is 0.338 e. The monoisotopic (exact) mass is 486 g/mol. The molecule has 0 saturated heterocycles. The molecule has 0 fully saturated rings. The molecule has 10 heteroatoms. The minimum absolute atomic E-state index is 0.250. The molecule has 0 radical (unpaired) electrons. The molecule has 3 aromatic rings. The number of nitrogens with zero attached hydrogens (tertiary/aromatic N) is 2. The van der Waals surface area contributed by atoms with Crippen molar-refractivity contribution in [3.63, 3.8) is 0 Å². The maximum absolute atomic E-state index is 13.5. The number of thiophene rings is 1. The number of methoxy groups -OCH3 is 4. The second kappa shape index (κ2) is 9.24. The molecule has 1 aliphatic heterocycles. The standard InChI is InChI=1S/C23H22N2O6S2/c1-12-18(22(27)31-5)19(16-7-6-8-32-16)25-21(26)17(33-23(25)24-12)11-13-9-14(28-2)20(30-4)15(10-13)29-3/h6-11,19H,1-5H3/b17-11+. The van der Waals surface area contributed by atoms with Crippen molar-refractivity contribution in [1.82, 2.24) is 4.57 Å². The lowest BCUT2D eigenvalue weighted by atomic mass is 10.0. The van der Waals surface area contributed by atoms with Crippen LogP contribution in [0.25, 0.3) is 6.08 Å². The highest BCUT2D eigenvalue weighted by Crippen LogP contribution is 2.38. The van der Waals surface area contributed by atoms with E-state index in [0.717, 1.165) is 4.88 Å². The van der Waals surface area contributed by atoms with E-state index in [1.807, 2.05) is 17.5 Å². The van der Waals surface area contributed by atoms with Gasteiger partial charge in [-0.1, -0.05) is 17.4 Å². The van der Waals surface area contributed by atoms with Crippen molar-refractivity contribution in [2.45, 2.75) is 13.0 Å². The zero-order chi connectivity index (χ0) is 23.7. The minimum atomic E-state index is -0.601. The number of benzene rings is 1. The van der Waals surface area contributed by atoms with E-state index in [-0.39, 0.29) is 5.56 Å². The maximum atomic E-state index is 13.5. The molecule has 0 amide bonds. The summed E-state index contributed by atoms with van der Waals surface area (Å²) in [6.45, 7) is 1.75. The first-order valence-corrected chi connectivity index (χ1v) is 11.6. The van der Waals surface area contributed by atoms with Gasteiger partial charge in [-0.2, -0.15) is 0 Å². The third kappa shape index (κ3) is 3.96. The largest absolute Gasteiger partial charge is 0.493 e. The van der Waals surface area contributed by atoms with E-state index >= 15 is 0 Å². The van der Waals surface area contributed by atoms with E-state index in [9.17, 15) is 9.59 Å². The molecular formula is C23H22N2O6S2. The number of esters is 1. The van der Waals surface area contributed by atoms with Crippen LogP contribution in [0, 0.1) is 0 Å². The second-order valence-corrected chi connectivity index (χ2v) is 9.04. The first-order valence-electron chi connectivity index (χ1n) is 9.87. The molecule has 0 saturated carbocycles. The Morgan fingerprint density at radius 2 is 1.82 bits per heavy atom. The Bertz CT molecular complexity index is 1390. The predicted octanol–water partition coefficient (Wildman–Crippen LogP) is 2.50. The number of aromatic nitrogens is 1. The van der Waals surface area contributed by atoms with Crippen molar-refractivity contribution in [3.05, 3.63) is 71.0 Å². The molecule has 8 nitrogen and oxygen atoms in total. The molecule has 33 heavy (non-hydrogen) atoms. The number of ether oxygens (including phenoxy) is 4. The molecule has 2 aromatic heterocycles. The fraction of sp³-hybridized carbons (Fsp3) is 0.261. The van der Waals surface area contributed by atoms with Crippen LogP contribution in [-0.4, -0.2) is 39.0 Å². The van der Waals surface area contributed by atoms with Gasteiger partial charge >= 0.3 is 5.97 Å². The third-order valence-electron chi connectivity index (χ3n) is 5.22. The quantitative estimate of drug-likeness (QED) is 0.498. The molecule has 0 aliphatic carbocycles. The number of carbonyl (C=O) groups is 1. The summed E-state index contributed by atoms with van der Waals surface area (Å²) in [6.07, 6.45) is 1.75. The van der Waals surface area contributed by atoms with Crippen molar-refractivity contribution in [2.75, 3.05) is 28.4 Å². The Kier molecular flexibility index (Phi) is 6.39. The minimum Gasteiger partial charge on any atom is -0.493 e. The van der Waals surface area contributed by atoms with Crippen LogP contribution in [0.1, 0.15) is 23.4 Å². The Morgan fingerprint density at radius 3 is 2.36 bits per heavy atom. The van der Waals surface area contributed by atoms with Crippen LogP contribution in [-0.2, 0) is 9.53 Å². The molecule has 0 spiro atoms. The van der Waals surface area contributed by atoms with Crippen LogP contribution in [0.3, 0.4) is 0 Å². The number of fused-ring (bicyclic) bond motifs is 1.